The van der Waals surface area contributed by atoms with E-state index in [1.54, 1.807) is 0 Å². The van der Waals surface area contributed by atoms with Gasteiger partial charge in [0, 0.05) is 5.33 Å². The summed E-state index contributed by atoms with van der Waals surface area (Å²) in [6.07, 6.45) is 23.3. The minimum absolute atomic E-state index is 0. The first-order valence-corrected chi connectivity index (χ1v) is 10.1. The topological polar surface area (TPSA) is 0 Å². The van der Waals surface area contributed by atoms with Crippen molar-refractivity contribution in [2.24, 2.45) is 0 Å². The number of alkyl halides is 1. The zero-order chi connectivity index (χ0) is 14.0. The molecular formula is C18H39BrMg. The maximum absolute atomic E-state index is 3.49. The molecule has 0 fully saturated rings. The Labute approximate surface area is 156 Å². The van der Waals surface area contributed by atoms with Crippen molar-refractivity contribution in [3.8, 4) is 0 Å². The van der Waals surface area contributed by atoms with Crippen molar-refractivity contribution in [1.29, 1.82) is 0 Å². The van der Waals surface area contributed by atoms with Gasteiger partial charge in [0.25, 0.3) is 0 Å². The van der Waals surface area contributed by atoms with Crippen LogP contribution in [0.15, 0.2) is 0 Å². The number of halogens is 1. The molecule has 0 aromatic rings. The summed E-state index contributed by atoms with van der Waals surface area (Å²) < 4.78 is 0. The van der Waals surface area contributed by atoms with Crippen molar-refractivity contribution in [3.05, 3.63) is 0 Å². The fourth-order valence-electron chi connectivity index (χ4n) is 2.64. The third-order valence-electron chi connectivity index (χ3n) is 3.99. The first-order valence-electron chi connectivity index (χ1n) is 8.97. The number of hydrogen-bond donors (Lipinski definition) is 0. The third-order valence-corrected chi connectivity index (χ3v) is 4.55. The minimum Gasteiger partial charge on any atom is -1.00 e. The summed E-state index contributed by atoms with van der Waals surface area (Å²) in [6, 6.07) is 0. The summed E-state index contributed by atoms with van der Waals surface area (Å²) in [5.41, 5.74) is 0. The Kier molecular flexibility index (Phi) is 26.5. The Balaban J connectivity index is -0.000000540. The maximum Gasteiger partial charge on any atom is 2.00 e. The van der Waals surface area contributed by atoms with Crippen LogP contribution in [0.5, 0.6) is 0 Å². The fraction of sp³-hybridized carbons (Fsp3) is 1.00. The average molecular weight is 360 g/mol. The maximum atomic E-state index is 3.49. The number of unbranched alkanes of at least 4 members (excludes halogenated alkanes) is 15. The van der Waals surface area contributed by atoms with Crippen molar-refractivity contribution < 1.29 is 2.85 Å². The van der Waals surface area contributed by atoms with E-state index in [2.05, 4.69) is 22.9 Å². The van der Waals surface area contributed by atoms with Gasteiger partial charge < -0.3 is 2.85 Å². The quantitative estimate of drug-likeness (QED) is 0.152. The van der Waals surface area contributed by atoms with Crippen molar-refractivity contribution in [3.63, 3.8) is 0 Å². The van der Waals surface area contributed by atoms with Gasteiger partial charge in [-0.15, -0.1) is 0 Å². The molecule has 0 atom stereocenters. The van der Waals surface area contributed by atoms with Gasteiger partial charge in [0.05, 0.1) is 0 Å². The van der Waals surface area contributed by atoms with Crippen LogP contribution in [0.4, 0.5) is 0 Å². The predicted octanol–water partition coefficient (Wildman–Crippen LogP) is 7.49. The van der Waals surface area contributed by atoms with Gasteiger partial charge in [-0.05, 0) is 6.42 Å². The first-order chi connectivity index (χ1) is 9.41. The molecule has 0 bridgehead atoms. The summed E-state index contributed by atoms with van der Waals surface area (Å²) in [7, 11) is 0. The van der Waals surface area contributed by atoms with Gasteiger partial charge in [0.1, 0.15) is 0 Å². The van der Waals surface area contributed by atoms with Crippen LogP contribution in [-0.2, 0) is 0 Å². The van der Waals surface area contributed by atoms with Gasteiger partial charge in [-0.25, -0.2) is 0 Å². The summed E-state index contributed by atoms with van der Waals surface area (Å²) in [5, 5.41) is 1.19. The van der Waals surface area contributed by atoms with Gasteiger partial charge in [0.2, 0.25) is 0 Å². The Morgan fingerprint density at radius 3 is 1.00 bits per heavy atom. The fourth-order valence-corrected chi connectivity index (χ4v) is 3.04. The van der Waals surface area contributed by atoms with Gasteiger partial charge in [-0.3, -0.25) is 0 Å². The van der Waals surface area contributed by atoms with Gasteiger partial charge >= 0.3 is 23.1 Å². The summed E-state index contributed by atoms with van der Waals surface area (Å²) in [6.45, 7) is 2.29. The van der Waals surface area contributed by atoms with E-state index in [0.717, 1.165) is 0 Å². The van der Waals surface area contributed by atoms with Crippen LogP contribution < -0.4 is 0 Å². The summed E-state index contributed by atoms with van der Waals surface area (Å²) in [4.78, 5) is 0. The number of hydrogen-bond acceptors (Lipinski definition) is 0. The van der Waals surface area contributed by atoms with Crippen LogP contribution in [0, 0.1) is 0 Å². The van der Waals surface area contributed by atoms with E-state index in [9.17, 15) is 0 Å². The van der Waals surface area contributed by atoms with Crippen LogP contribution in [0.1, 0.15) is 113 Å². The van der Waals surface area contributed by atoms with Crippen LogP contribution in [-0.4, -0.2) is 28.4 Å². The van der Waals surface area contributed by atoms with Crippen LogP contribution >= 0.6 is 15.9 Å². The second-order valence-electron chi connectivity index (χ2n) is 5.99. The molecule has 0 aliphatic heterocycles. The number of rotatable bonds is 16. The molecule has 0 heterocycles. The molecule has 0 saturated heterocycles. The molecule has 0 aromatic carbocycles. The van der Waals surface area contributed by atoms with Crippen molar-refractivity contribution in [2.75, 3.05) is 5.33 Å². The monoisotopic (exact) mass is 358 g/mol. The van der Waals surface area contributed by atoms with E-state index in [1.807, 2.05) is 0 Å². The summed E-state index contributed by atoms with van der Waals surface area (Å²) in [5.74, 6) is 0. The van der Waals surface area contributed by atoms with Gasteiger partial charge in [-0.2, -0.15) is 0 Å². The van der Waals surface area contributed by atoms with Crippen LogP contribution in [0.3, 0.4) is 0 Å². The second-order valence-corrected chi connectivity index (χ2v) is 6.79. The molecule has 0 aromatic heterocycles. The van der Waals surface area contributed by atoms with Crippen molar-refractivity contribution >= 4 is 39.0 Å². The van der Waals surface area contributed by atoms with Crippen molar-refractivity contribution in [2.45, 2.75) is 110 Å². The molecule has 0 aliphatic rings. The Morgan fingerprint density at radius 1 is 0.500 bits per heavy atom. The third kappa shape index (κ3) is 21.5. The molecule has 0 saturated carbocycles. The molecule has 0 spiro atoms. The molecular weight excluding hydrogens is 320 g/mol. The smallest absolute Gasteiger partial charge is 1.00 e. The van der Waals surface area contributed by atoms with E-state index >= 15 is 0 Å². The van der Waals surface area contributed by atoms with Crippen LogP contribution in [0.25, 0.3) is 0 Å². The van der Waals surface area contributed by atoms with Crippen molar-refractivity contribution in [1.82, 2.24) is 0 Å². The molecule has 0 aliphatic carbocycles. The van der Waals surface area contributed by atoms with E-state index in [0.29, 0.717) is 0 Å². The van der Waals surface area contributed by atoms with Gasteiger partial charge in [0.15, 0.2) is 0 Å². The van der Waals surface area contributed by atoms with E-state index < -0.39 is 0 Å². The molecule has 0 N–H and O–H groups in total. The zero-order valence-corrected chi connectivity index (χ0v) is 17.1. The SMILES string of the molecule is CCCCCCCCCCCCCCCCCCBr.[H-].[H-].[Mg+2]. The molecule has 2 heteroatoms. The second kappa shape index (κ2) is 22.5. The molecule has 0 radical (unpaired) electrons. The first kappa shape index (κ1) is 23.5. The molecule has 0 nitrogen and oxygen atoms in total. The van der Waals surface area contributed by atoms with E-state index in [4.69, 9.17) is 0 Å². The molecule has 0 rings (SSSR count). The zero-order valence-electron chi connectivity index (χ0n) is 16.1. The largest absolute Gasteiger partial charge is 2.00 e. The molecule has 20 heavy (non-hydrogen) atoms. The molecule has 120 valence electrons. The molecule has 0 amide bonds. The Morgan fingerprint density at radius 2 is 0.750 bits per heavy atom. The summed E-state index contributed by atoms with van der Waals surface area (Å²) >= 11 is 3.49. The average Bonchev–Trinajstić information content (AvgIpc) is 2.43. The van der Waals surface area contributed by atoms with Crippen LogP contribution in [0.2, 0.25) is 0 Å². The van der Waals surface area contributed by atoms with Gasteiger partial charge in [-0.1, -0.05) is 119 Å². The standard InChI is InChI=1S/C18H37Br.Mg.2H/c1-2-3-4-5-6-7-8-9-10-11-12-13-14-15-16-17-18-19;;;/h2-18H2,1H3;;;/q;+2;2*-1. The van der Waals surface area contributed by atoms with E-state index in [1.165, 1.54) is 108 Å². The molecule has 0 unspecified atom stereocenters. The Hall–Kier alpha value is 1.25. The van der Waals surface area contributed by atoms with E-state index in [-0.39, 0.29) is 25.9 Å². The predicted molar refractivity (Wildman–Crippen MR) is 101 cm³/mol. The normalized spacial score (nSPS) is 10.5. The minimum atomic E-state index is 0. The Bertz CT molecular complexity index is 144.